The van der Waals surface area contributed by atoms with Crippen molar-refractivity contribution in [2.75, 3.05) is 26.6 Å². The molecule has 0 atom stereocenters. The highest BCUT2D eigenvalue weighted by atomic mass is 35.5. The van der Waals surface area contributed by atoms with Crippen LogP contribution >= 0.6 is 23.4 Å². The van der Waals surface area contributed by atoms with Crippen molar-refractivity contribution in [2.45, 2.75) is 11.4 Å². The number of hydrogen-bond donors (Lipinski definition) is 0. The predicted octanol–water partition coefficient (Wildman–Crippen LogP) is 4.07. The highest BCUT2D eigenvalue weighted by Gasteiger charge is 2.27. The third-order valence-electron chi connectivity index (χ3n) is 2.27. The molecule has 0 spiro atoms. The molecule has 0 N–H and O–H groups in total. The molecule has 0 unspecified atom stereocenters. The molecule has 0 aliphatic carbocycles. The van der Waals surface area contributed by atoms with Crippen LogP contribution in [0.15, 0.2) is 12.1 Å². The SMILES string of the molecule is COc1cc(CCl)cc(OC)c1OCCSC(F)(F)F. The van der Waals surface area contributed by atoms with Crippen molar-refractivity contribution in [3.05, 3.63) is 17.7 Å². The lowest BCUT2D eigenvalue weighted by Gasteiger charge is -2.15. The fourth-order valence-corrected chi connectivity index (χ4v) is 2.01. The third kappa shape index (κ3) is 5.20. The van der Waals surface area contributed by atoms with Gasteiger partial charge in [-0.2, -0.15) is 13.2 Å². The van der Waals surface area contributed by atoms with Gasteiger partial charge in [0.15, 0.2) is 11.5 Å². The van der Waals surface area contributed by atoms with Crippen LogP contribution in [0.4, 0.5) is 13.2 Å². The van der Waals surface area contributed by atoms with Gasteiger partial charge in [0.1, 0.15) is 0 Å². The summed E-state index contributed by atoms with van der Waals surface area (Å²) in [7, 11) is 2.87. The van der Waals surface area contributed by atoms with E-state index in [0.717, 1.165) is 5.56 Å². The van der Waals surface area contributed by atoms with Crippen molar-refractivity contribution >= 4 is 23.4 Å². The van der Waals surface area contributed by atoms with Crippen LogP contribution in [0.25, 0.3) is 0 Å². The molecule has 0 aliphatic rings. The van der Waals surface area contributed by atoms with Gasteiger partial charge in [-0.25, -0.2) is 0 Å². The van der Waals surface area contributed by atoms with Crippen molar-refractivity contribution in [1.29, 1.82) is 0 Å². The molecule has 8 heteroatoms. The number of benzene rings is 1. The van der Waals surface area contributed by atoms with E-state index in [2.05, 4.69) is 0 Å². The summed E-state index contributed by atoms with van der Waals surface area (Å²) in [6, 6.07) is 3.31. The number of rotatable bonds is 7. The Morgan fingerprint density at radius 3 is 2.10 bits per heavy atom. The Hall–Kier alpha value is -0.950. The minimum Gasteiger partial charge on any atom is -0.493 e. The monoisotopic (exact) mass is 330 g/mol. The van der Waals surface area contributed by atoms with Crippen LogP contribution in [-0.2, 0) is 5.88 Å². The molecule has 0 aliphatic heterocycles. The molecule has 0 radical (unpaired) electrons. The summed E-state index contributed by atoms with van der Waals surface area (Å²) in [5.41, 5.74) is -3.50. The van der Waals surface area contributed by atoms with Gasteiger partial charge < -0.3 is 14.2 Å². The smallest absolute Gasteiger partial charge is 0.441 e. The first kappa shape index (κ1) is 17.1. The molecule has 0 amide bonds. The van der Waals surface area contributed by atoms with E-state index in [9.17, 15) is 13.2 Å². The molecule has 3 nitrogen and oxygen atoms in total. The van der Waals surface area contributed by atoms with Crippen LogP contribution in [0.5, 0.6) is 17.2 Å². The Balaban J connectivity index is 2.77. The van der Waals surface area contributed by atoms with Crippen LogP contribution in [0.3, 0.4) is 0 Å². The topological polar surface area (TPSA) is 27.7 Å². The molecule has 0 aromatic heterocycles. The minimum atomic E-state index is -4.26. The molecular weight excluding hydrogens is 317 g/mol. The summed E-state index contributed by atoms with van der Waals surface area (Å²) in [6.45, 7) is -0.114. The second-order valence-corrected chi connectivity index (χ2v) is 5.03. The molecule has 20 heavy (non-hydrogen) atoms. The van der Waals surface area contributed by atoms with E-state index in [1.165, 1.54) is 14.2 Å². The number of alkyl halides is 4. The van der Waals surface area contributed by atoms with Crippen molar-refractivity contribution in [2.24, 2.45) is 0 Å². The molecule has 0 heterocycles. The summed E-state index contributed by atoms with van der Waals surface area (Å²) in [6.07, 6.45) is 0. The maximum absolute atomic E-state index is 12.0. The Labute approximate surface area is 124 Å². The molecule has 114 valence electrons. The van der Waals surface area contributed by atoms with Crippen LogP contribution in [0.1, 0.15) is 5.56 Å². The largest absolute Gasteiger partial charge is 0.493 e. The summed E-state index contributed by atoms with van der Waals surface area (Å²) in [5.74, 6) is 1.06. The molecule has 0 saturated carbocycles. The summed E-state index contributed by atoms with van der Waals surface area (Å²) >= 11 is 5.59. The zero-order chi connectivity index (χ0) is 15.2. The van der Waals surface area contributed by atoms with Gasteiger partial charge >= 0.3 is 5.51 Å². The summed E-state index contributed by atoms with van der Waals surface area (Å²) in [5, 5.41) is 0. The molecule has 1 aromatic rings. The lowest BCUT2D eigenvalue weighted by molar-refractivity contribution is -0.0329. The first-order valence-electron chi connectivity index (χ1n) is 5.55. The van der Waals surface area contributed by atoms with Crippen LogP contribution in [0.2, 0.25) is 0 Å². The van der Waals surface area contributed by atoms with E-state index in [-0.39, 0.29) is 35.8 Å². The maximum Gasteiger partial charge on any atom is 0.441 e. The van der Waals surface area contributed by atoms with Crippen molar-refractivity contribution in [1.82, 2.24) is 0 Å². The van der Waals surface area contributed by atoms with Gasteiger partial charge in [-0.3, -0.25) is 0 Å². The lowest BCUT2D eigenvalue weighted by Crippen LogP contribution is -2.08. The van der Waals surface area contributed by atoms with Gasteiger partial charge in [-0.1, -0.05) is 0 Å². The Bertz CT molecular complexity index is 415. The third-order valence-corrected chi connectivity index (χ3v) is 3.28. The number of hydrogen-bond acceptors (Lipinski definition) is 4. The predicted molar refractivity (Wildman–Crippen MR) is 73.1 cm³/mol. The Morgan fingerprint density at radius 2 is 1.70 bits per heavy atom. The number of thioether (sulfide) groups is 1. The molecule has 1 rings (SSSR count). The van der Waals surface area contributed by atoms with Crippen molar-refractivity contribution in [3.8, 4) is 17.2 Å². The van der Waals surface area contributed by atoms with Gasteiger partial charge in [0.25, 0.3) is 0 Å². The van der Waals surface area contributed by atoms with E-state index >= 15 is 0 Å². The van der Waals surface area contributed by atoms with Crippen LogP contribution in [-0.4, -0.2) is 32.1 Å². The average Bonchev–Trinajstić information content (AvgIpc) is 2.41. The molecule has 1 aromatic carbocycles. The fraction of sp³-hybridized carbons (Fsp3) is 0.500. The molecule has 0 bridgehead atoms. The Morgan fingerprint density at radius 1 is 1.15 bits per heavy atom. The number of halogens is 4. The summed E-state index contributed by atoms with van der Waals surface area (Å²) < 4.78 is 51.6. The molecular formula is C12H14ClF3O3S. The second-order valence-electron chi connectivity index (χ2n) is 3.61. The lowest BCUT2D eigenvalue weighted by atomic mass is 10.2. The number of ether oxygens (including phenoxy) is 3. The number of methoxy groups -OCH3 is 2. The highest BCUT2D eigenvalue weighted by Crippen LogP contribution is 2.39. The van der Waals surface area contributed by atoms with E-state index in [4.69, 9.17) is 25.8 Å². The fourth-order valence-electron chi connectivity index (χ4n) is 1.45. The second kappa shape index (κ2) is 7.73. The first-order valence-corrected chi connectivity index (χ1v) is 7.07. The van der Waals surface area contributed by atoms with Gasteiger partial charge in [-0.15, -0.1) is 11.6 Å². The normalized spacial score (nSPS) is 11.3. The van der Waals surface area contributed by atoms with E-state index in [1.807, 2.05) is 0 Å². The van der Waals surface area contributed by atoms with Gasteiger partial charge in [0, 0.05) is 11.6 Å². The summed E-state index contributed by atoms with van der Waals surface area (Å²) in [4.78, 5) is 0. The Kier molecular flexibility index (Phi) is 6.61. The molecule has 0 saturated heterocycles. The van der Waals surface area contributed by atoms with Crippen molar-refractivity contribution < 1.29 is 27.4 Å². The van der Waals surface area contributed by atoms with Crippen LogP contribution in [0, 0.1) is 0 Å². The van der Waals surface area contributed by atoms with Gasteiger partial charge in [-0.05, 0) is 29.5 Å². The molecule has 0 fully saturated rings. The zero-order valence-electron chi connectivity index (χ0n) is 10.9. The average molecular weight is 331 g/mol. The van der Waals surface area contributed by atoms with Gasteiger partial charge in [0.2, 0.25) is 5.75 Å². The van der Waals surface area contributed by atoms with Crippen LogP contribution < -0.4 is 14.2 Å². The zero-order valence-corrected chi connectivity index (χ0v) is 12.5. The standard InChI is InChI=1S/C12H14ClF3O3S/c1-17-9-5-8(7-13)6-10(18-2)11(9)19-3-4-20-12(14,15)16/h5-6H,3-4,7H2,1-2H3. The highest BCUT2D eigenvalue weighted by molar-refractivity contribution is 8.00. The maximum atomic E-state index is 12.0. The van der Waals surface area contributed by atoms with E-state index in [0.29, 0.717) is 11.5 Å². The van der Waals surface area contributed by atoms with Crippen molar-refractivity contribution in [3.63, 3.8) is 0 Å². The van der Waals surface area contributed by atoms with Gasteiger partial charge in [0.05, 0.1) is 20.8 Å². The minimum absolute atomic E-state index is 0.114. The van der Waals surface area contributed by atoms with E-state index in [1.54, 1.807) is 12.1 Å². The van der Waals surface area contributed by atoms with E-state index < -0.39 is 5.51 Å². The first-order chi connectivity index (χ1) is 9.41. The quantitative estimate of drug-likeness (QED) is 0.556.